The fourth-order valence-electron chi connectivity index (χ4n) is 1.05. The SMILES string of the molecule is NC(=O)c1ccc(OCC(N)C(N)=O)cc1F. The van der Waals surface area contributed by atoms with Crippen molar-refractivity contribution in [2.24, 2.45) is 17.2 Å². The number of rotatable bonds is 5. The average Bonchev–Trinajstić information content (AvgIpc) is 2.25. The number of hydrogen-bond acceptors (Lipinski definition) is 4. The second kappa shape index (κ2) is 5.26. The van der Waals surface area contributed by atoms with Gasteiger partial charge in [0.15, 0.2) is 0 Å². The zero-order valence-electron chi connectivity index (χ0n) is 8.85. The number of primary amides is 2. The molecule has 0 aliphatic heterocycles. The van der Waals surface area contributed by atoms with Crippen LogP contribution < -0.4 is 21.9 Å². The summed E-state index contributed by atoms with van der Waals surface area (Å²) in [5.41, 5.74) is 14.9. The molecule has 0 aliphatic carbocycles. The lowest BCUT2D eigenvalue weighted by Crippen LogP contribution is -2.41. The molecule has 17 heavy (non-hydrogen) atoms. The summed E-state index contributed by atoms with van der Waals surface area (Å²) in [6.07, 6.45) is 0. The lowest BCUT2D eigenvalue weighted by Gasteiger charge is -2.10. The van der Waals surface area contributed by atoms with E-state index in [1.165, 1.54) is 12.1 Å². The standard InChI is InChI=1S/C10H12FN3O3/c11-7-3-5(1-2-6(7)9(13)15)17-4-8(12)10(14)16/h1-3,8H,4,12H2,(H2,13,15)(H2,14,16). The molecule has 2 amide bonds. The topological polar surface area (TPSA) is 121 Å². The van der Waals surface area contributed by atoms with Crippen molar-refractivity contribution in [1.82, 2.24) is 0 Å². The van der Waals surface area contributed by atoms with E-state index in [4.69, 9.17) is 21.9 Å². The van der Waals surface area contributed by atoms with Gasteiger partial charge in [0.1, 0.15) is 24.2 Å². The third-order valence-corrected chi connectivity index (χ3v) is 2.00. The van der Waals surface area contributed by atoms with Crippen LogP contribution in [0.25, 0.3) is 0 Å². The maximum atomic E-state index is 13.3. The normalized spacial score (nSPS) is 11.9. The van der Waals surface area contributed by atoms with E-state index in [2.05, 4.69) is 0 Å². The molecule has 1 rings (SSSR count). The van der Waals surface area contributed by atoms with Crippen molar-refractivity contribution in [3.63, 3.8) is 0 Å². The van der Waals surface area contributed by atoms with Crippen LogP contribution in [0.3, 0.4) is 0 Å². The van der Waals surface area contributed by atoms with Gasteiger partial charge in [-0.15, -0.1) is 0 Å². The highest BCUT2D eigenvalue weighted by molar-refractivity contribution is 5.93. The molecule has 92 valence electrons. The molecule has 1 aromatic rings. The van der Waals surface area contributed by atoms with Crippen LogP contribution in [0.5, 0.6) is 5.75 Å². The molecule has 0 saturated heterocycles. The Labute approximate surface area is 96.5 Å². The monoisotopic (exact) mass is 241 g/mol. The molecule has 6 nitrogen and oxygen atoms in total. The first-order chi connectivity index (χ1) is 7.91. The minimum absolute atomic E-state index is 0.129. The molecule has 1 unspecified atom stereocenters. The molecule has 0 fully saturated rings. The average molecular weight is 241 g/mol. The van der Waals surface area contributed by atoms with Crippen LogP contribution in [-0.2, 0) is 4.79 Å². The fourth-order valence-corrected chi connectivity index (χ4v) is 1.05. The van der Waals surface area contributed by atoms with E-state index in [1.54, 1.807) is 0 Å². The number of hydrogen-bond donors (Lipinski definition) is 3. The number of benzene rings is 1. The summed E-state index contributed by atoms with van der Waals surface area (Å²) >= 11 is 0. The highest BCUT2D eigenvalue weighted by atomic mass is 19.1. The van der Waals surface area contributed by atoms with Gasteiger partial charge in [-0.05, 0) is 12.1 Å². The van der Waals surface area contributed by atoms with E-state index in [9.17, 15) is 14.0 Å². The van der Waals surface area contributed by atoms with Gasteiger partial charge in [-0.25, -0.2) is 4.39 Å². The molecule has 1 aromatic carbocycles. The van der Waals surface area contributed by atoms with Crippen LogP contribution in [0.2, 0.25) is 0 Å². The molecule has 0 bridgehead atoms. The van der Waals surface area contributed by atoms with Gasteiger partial charge in [0.2, 0.25) is 5.91 Å². The molecule has 0 aromatic heterocycles. The van der Waals surface area contributed by atoms with Gasteiger partial charge >= 0.3 is 0 Å². The number of carbonyl (C=O) groups excluding carboxylic acids is 2. The molecule has 7 heteroatoms. The molecule has 0 heterocycles. The third-order valence-electron chi connectivity index (χ3n) is 2.00. The predicted molar refractivity (Wildman–Crippen MR) is 57.6 cm³/mol. The maximum Gasteiger partial charge on any atom is 0.251 e. The summed E-state index contributed by atoms with van der Waals surface area (Å²) in [6, 6.07) is 2.53. The Kier molecular flexibility index (Phi) is 4.00. The van der Waals surface area contributed by atoms with E-state index < -0.39 is 23.7 Å². The second-order valence-electron chi connectivity index (χ2n) is 3.33. The maximum absolute atomic E-state index is 13.3. The van der Waals surface area contributed by atoms with Gasteiger partial charge in [0, 0.05) is 6.07 Å². The Morgan fingerprint density at radius 2 is 2.00 bits per heavy atom. The van der Waals surface area contributed by atoms with Crippen LogP contribution >= 0.6 is 0 Å². The summed E-state index contributed by atoms with van der Waals surface area (Å²) in [5, 5.41) is 0. The molecular weight excluding hydrogens is 229 g/mol. The van der Waals surface area contributed by atoms with Crippen molar-refractivity contribution < 1.29 is 18.7 Å². The molecule has 0 radical (unpaired) electrons. The van der Waals surface area contributed by atoms with Crippen molar-refractivity contribution in [3.8, 4) is 5.75 Å². The zero-order chi connectivity index (χ0) is 13.0. The summed E-state index contributed by atoms with van der Waals surface area (Å²) in [4.78, 5) is 21.4. The first-order valence-corrected chi connectivity index (χ1v) is 4.69. The Hall–Kier alpha value is -2.15. The van der Waals surface area contributed by atoms with E-state index in [0.717, 1.165) is 6.07 Å². The van der Waals surface area contributed by atoms with E-state index in [1.807, 2.05) is 0 Å². The van der Waals surface area contributed by atoms with E-state index >= 15 is 0 Å². The van der Waals surface area contributed by atoms with Crippen LogP contribution in [0, 0.1) is 5.82 Å². The molecular formula is C10H12FN3O3. The summed E-state index contributed by atoms with van der Waals surface area (Å²) < 4.78 is 18.3. The van der Waals surface area contributed by atoms with Crippen molar-refractivity contribution >= 4 is 11.8 Å². The second-order valence-corrected chi connectivity index (χ2v) is 3.33. The van der Waals surface area contributed by atoms with E-state index in [0.29, 0.717) is 0 Å². The molecule has 0 saturated carbocycles. The van der Waals surface area contributed by atoms with Crippen molar-refractivity contribution in [2.75, 3.05) is 6.61 Å². The van der Waals surface area contributed by atoms with Gasteiger partial charge in [0.05, 0.1) is 5.56 Å². The predicted octanol–water partition coefficient (Wildman–Crippen LogP) is -0.884. The molecule has 0 aliphatic rings. The fraction of sp³-hybridized carbons (Fsp3) is 0.200. The van der Waals surface area contributed by atoms with Gasteiger partial charge in [-0.3, -0.25) is 9.59 Å². The van der Waals surface area contributed by atoms with Crippen LogP contribution in [0.4, 0.5) is 4.39 Å². The first kappa shape index (κ1) is 12.9. The Morgan fingerprint density at radius 1 is 1.35 bits per heavy atom. The third kappa shape index (κ3) is 3.42. The van der Waals surface area contributed by atoms with Crippen molar-refractivity contribution in [3.05, 3.63) is 29.6 Å². The van der Waals surface area contributed by atoms with Crippen molar-refractivity contribution in [2.45, 2.75) is 6.04 Å². The zero-order valence-corrected chi connectivity index (χ0v) is 8.85. The van der Waals surface area contributed by atoms with Gasteiger partial charge in [0.25, 0.3) is 5.91 Å². The van der Waals surface area contributed by atoms with Gasteiger partial charge < -0.3 is 21.9 Å². The molecule has 0 spiro atoms. The Bertz CT molecular complexity index is 450. The van der Waals surface area contributed by atoms with Crippen LogP contribution in [-0.4, -0.2) is 24.5 Å². The Morgan fingerprint density at radius 3 is 2.47 bits per heavy atom. The van der Waals surface area contributed by atoms with Crippen LogP contribution in [0.15, 0.2) is 18.2 Å². The minimum Gasteiger partial charge on any atom is -0.491 e. The largest absolute Gasteiger partial charge is 0.491 e. The van der Waals surface area contributed by atoms with Crippen LogP contribution in [0.1, 0.15) is 10.4 Å². The first-order valence-electron chi connectivity index (χ1n) is 4.69. The molecule has 1 atom stereocenters. The molecule has 6 N–H and O–H groups in total. The van der Waals surface area contributed by atoms with Gasteiger partial charge in [-0.2, -0.15) is 0 Å². The number of halogens is 1. The Balaban J connectivity index is 2.71. The minimum atomic E-state index is -0.978. The quantitative estimate of drug-likeness (QED) is 0.619. The highest BCUT2D eigenvalue weighted by Gasteiger charge is 2.12. The van der Waals surface area contributed by atoms with E-state index in [-0.39, 0.29) is 17.9 Å². The lowest BCUT2D eigenvalue weighted by atomic mass is 10.2. The number of nitrogens with two attached hydrogens (primary N) is 3. The summed E-state index contributed by atoms with van der Waals surface area (Å²) in [7, 11) is 0. The highest BCUT2D eigenvalue weighted by Crippen LogP contribution is 2.16. The number of amides is 2. The summed E-state index contributed by atoms with van der Waals surface area (Å²) in [6.45, 7) is -0.176. The summed E-state index contributed by atoms with van der Waals surface area (Å²) in [5.74, 6) is -2.27. The lowest BCUT2D eigenvalue weighted by molar-refractivity contribution is -0.119. The van der Waals surface area contributed by atoms with Crippen molar-refractivity contribution in [1.29, 1.82) is 0 Å². The number of carbonyl (C=O) groups is 2. The number of ether oxygens (including phenoxy) is 1. The smallest absolute Gasteiger partial charge is 0.251 e. The van der Waals surface area contributed by atoms with Gasteiger partial charge in [-0.1, -0.05) is 0 Å².